The molecule has 2 aromatic rings. The first-order valence-corrected chi connectivity index (χ1v) is 10.8. The van der Waals surface area contributed by atoms with Crippen molar-refractivity contribution >= 4 is 11.9 Å². The smallest absolute Gasteiger partial charge is 0.318 e. The highest BCUT2D eigenvalue weighted by Crippen LogP contribution is 2.25. The Kier molecular flexibility index (Phi) is 6.72. The van der Waals surface area contributed by atoms with Gasteiger partial charge in [0.05, 0.1) is 19.8 Å². The number of para-hydroxylation sites is 1. The highest BCUT2D eigenvalue weighted by molar-refractivity contribution is 5.88. The number of morpholine rings is 1. The fourth-order valence-corrected chi connectivity index (χ4v) is 4.01. The van der Waals surface area contributed by atoms with E-state index in [-0.39, 0.29) is 18.0 Å². The molecule has 31 heavy (non-hydrogen) atoms. The largest absolute Gasteiger partial charge is 0.488 e. The van der Waals surface area contributed by atoms with E-state index in [4.69, 9.17) is 9.47 Å². The number of aryl methyl sites for hydroxylation is 1. The predicted octanol–water partition coefficient (Wildman–Crippen LogP) is 2.59. The molecule has 2 aromatic carbocycles. The van der Waals surface area contributed by atoms with Crippen LogP contribution in [0.4, 0.5) is 4.79 Å². The van der Waals surface area contributed by atoms with Crippen molar-refractivity contribution in [1.29, 1.82) is 0 Å². The average Bonchev–Trinajstić information content (AvgIpc) is 3.23. The van der Waals surface area contributed by atoms with Crippen LogP contribution in [0.3, 0.4) is 0 Å². The quantitative estimate of drug-likeness (QED) is 0.803. The molecular weight excluding hydrogens is 394 g/mol. The number of nitrogens with zero attached hydrogens (tertiary/aromatic N) is 2. The van der Waals surface area contributed by atoms with Gasteiger partial charge < -0.3 is 24.6 Å². The lowest BCUT2D eigenvalue weighted by molar-refractivity contribution is -0.139. The van der Waals surface area contributed by atoms with E-state index in [1.54, 1.807) is 9.80 Å². The molecule has 0 aliphatic carbocycles. The lowest BCUT2D eigenvalue weighted by Crippen LogP contribution is -2.52. The molecule has 3 amide bonds. The van der Waals surface area contributed by atoms with E-state index in [2.05, 4.69) is 5.32 Å². The van der Waals surface area contributed by atoms with E-state index in [1.807, 2.05) is 61.5 Å². The highest BCUT2D eigenvalue weighted by atomic mass is 16.5. The Morgan fingerprint density at radius 1 is 1.06 bits per heavy atom. The minimum Gasteiger partial charge on any atom is -0.488 e. The zero-order valence-corrected chi connectivity index (χ0v) is 17.8. The van der Waals surface area contributed by atoms with Crippen LogP contribution in [0.15, 0.2) is 54.6 Å². The molecule has 2 fully saturated rings. The second-order valence-electron chi connectivity index (χ2n) is 8.04. The lowest BCUT2D eigenvalue weighted by atomic mass is 10.1. The van der Waals surface area contributed by atoms with Crippen LogP contribution in [0.2, 0.25) is 0 Å². The van der Waals surface area contributed by atoms with Gasteiger partial charge in [0.15, 0.2) is 0 Å². The number of benzene rings is 2. The molecule has 7 heteroatoms. The first kappa shape index (κ1) is 21.2. The van der Waals surface area contributed by atoms with Gasteiger partial charge in [0.1, 0.15) is 17.9 Å². The molecule has 2 atom stereocenters. The van der Waals surface area contributed by atoms with E-state index >= 15 is 0 Å². The number of carbonyl (C=O) groups is 2. The summed E-state index contributed by atoms with van der Waals surface area (Å²) in [5.74, 6) is 0.708. The third-order valence-corrected chi connectivity index (χ3v) is 5.74. The monoisotopic (exact) mass is 423 g/mol. The van der Waals surface area contributed by atoms with Gasteiger partial charge in [-0.1, -0.05) is 48.0 Å². The standard InChI is InChI=1S/C24H29N3O4/c1-18-7-9-19(10-8-18)16-25-24(29)27-17-21(31-20-5-3-2-4-6-20)15-22(27)23(28)26-11-13-30-14-12-26/h2-10,21-22H,11-17H2,1H3,(H,25,29)/t21-,22-/m0/s1. The Bertz CT molecular complexity index is 881. The predicted molar refractivity (Wildman–Crippen MR) is 117 cm³/mol. The molecule has 4 rings (SSSR count). The van der Waals surface area contributed by atoms with Crippen LogP contribution in [0.5, 0.6) is 5.75 Å². The summed E-state index contributed by atoms with van der Waals surface area (Å²) in [6, 6.07) is 16.8. The number of likely N-dealkylation sites (tertiary alicyclic amines) is 1. The Labute approximate surface area is 182 Å². The first-order valence-electron chi connectivity index (χ1n) is 10.8. The molecule has 2 aliphatic heterocycles. The number of amides is 3. The molecule has 2 heterocycles. The molecule has 7 nitrogen and oxygen atoms in total. The van der Waals surface area contributed by atoms with Gasteiger partial charge in [0.25, 0.3) is 0 Å². The summed E-state index contributed by atoms with van der Waals surface area (Å²) in [5.41, 5.74) is 2.19. The molecule has 2 saturated heterocycles. The summed E-state index contributed by atoms with van der Waals surface area (Å²) in [4.78, 5) is 29.7. The van der Waals surface area contributed by atoms with Crippen LogP contribution in [0.25, 0.3) is 0 Å². The summed E-state index contributed by atoms with van der Waals surface area (Å²) >= 11 is 0. The molecular formula is C24H29N3O4. The minimum atomic E-state index is -0.537. The number of nitrogens with one attached hydrogen (secondary N) is 1. The minimum absolute atomic E-state index is 0.0343. The van der Waals surface area contributed by atoms with Gasteiger partial charge in [-0.15, -0.1) is 0 Å². The van der Waals surface area contributed by atoms with Crippen molar-refractivity contribution in [2.24, 2.45) is 0 Å². The Hall–Kier alpha value is -3.06. The zero-order chi connectivity index (χ0) is 21.6. The van der Waals surface area contributed by atoms with Crippen LogP contribution in [0.1, 0.15) is 17.5 Å². The molecule has 0 unspecified atom stereocenters. The van der Waals surface area contributed by atoms with Crippen LogP contribution in [-0.2, 0) is 16.1 Å². The number of hydrogen-bond donors (Lipinski definition) is 1. The summed E-state index contributed by atoms with van der Waals surface area (Å²) in [5, 5.41) is 2.97. The third kappa shape index (κ3) is 5.35. The molecule has 0 aromatic heterocycles. The number of rotatable bonds is 5. The van der Waals surface area contributed by atoms with Gasteiger partial charge >= 0.3 is 6.03 Å². The maximum Gasteiger partial charge on any atom is 0.318 e. The van der Waals surface area contributed by atoms with Gasteiger partial charge in [-0.25, -0.2) is 4.79 Å². The van der Waals surface area contributed by atoms with Crippen molar-refractivity contribution in [2.75, 3.05) is 32.8 Å². The normalized spacial score (nSPS) is 21.1. The lowest BCUT2D eigenvalue weighted by Gasteiger charge is -2.32. The molecule has 2 aliphatic rings. The number of urea groups is 1. The van der Waals surface area contributed by atoms with E-state index in [1.165, 1.54) is 5.56 Å². The molecule has 1 N–H and O–H groups in total. The molecule has 0 bridgehead atoms. The van der Waals surface area contributed by atoms with Gasteiger partial charge in [-0.2, -0.15) is 0 Å². The number of carbonyl (C=O) groups excluding carboxylic acids is 2. The number of hydrogen-bond acceptors (Lipinski definition) is 4. The maximum absolute atomic E-state index is 13.2. The second-order valence-corrected chi connectivity index (χ2v) is 8.04. The molecule has 164 valence electrons. The van der Waals surface area contributed by atoms with E-state index in [9.17, 15) is 9.59 Å². The zero-order valence-electron chi connectivity index (χ0n) is 17.8. The van der Waals surface area contributed by atoms with Crippen molar-refractivity contribution in [3.63, 3.8) is 0 Å². The molecule has 0 saturated carbocycles. The third-order valence-electron chi connectivity index (χ3n) is 5.74. The fraction of sp³-hybridized carbons (Fsp3) is 0.417. The van der Waals surface area contributed by atoms with Crippen molar-refractivity contribution in [3.05, 3.63) is 65.7 Å². The van der Waals surface area contributed by atoms with Gasteiger partial charge in [0.2, 0.25) is 5.91 Å². The average molecular weight is 424 g/mol. The van der Waals surface area contributed by atoms with Gasteiger partial charge in [0, 0.05) is 26.1 Å². The summed E-state index contributed by atoms with van der Waals surface area (Å²) in [7, 11) is 0. The highest BCUT2D eigenvalue weighted by Gasteiger charge is 2.42. The summed E-state index contributed by atoms with van der Waals surface area (Å²) < 4.78 is 11.5. The van der Waals surface area contributed by atoms with Gasteiger partial charge in [-0.3, -0.25) is 4.79 Å². The summed E-state index contributed by atoms with van der Waals surface area (Å²) in [6.45, 7) is 4.98. The Morgan fingerprint density at radius 2 is 1.77 bits per heavy atom. The van der Waals surface area contributed by atoms with Crippen LogP contribution in [-0.4, -0.2) is 66.7 Å². The number of ether oxygens (including phenoxy) is 2. The van der Waals surface area contributed by atoms with E-state index in [0.29, 0.717) is 45.8 Å². The van der Waals surface area contributed by atoms with Gasteiger partial charge in [-0.05, 0) is 24.6 Å². The Balaban J connectivity index is 1.44. The maximum atomic E-state index is 13.2. The van der Waals surface area contributed by atoms with Crippen molar-refractivity contribution in [1.82, 2.24) is 15.1 Å². The first-order chi connectivity index (χ1) is 15.1. The van der Waals surface area contributed by atoms with Crippen LogP contribution < -0.4 is 10.1 Å². The topological polar surface area (TPSA) is 71.1 Å². The Morgan fingerprint density at radius 3 is 2.48 bits per heavy atom. The van der Waals surface area contributed by atoms with Crippen molar-refractivity contribution < 1.29 is 19.1 Å². The van der Waals surface area contributed by atoms with E-state index in [0.717, 1.165) is 11.3 Å². The second kappa shape index (κ2) is 9.83. The fourth-order valence-electron chi connectivity index (χ4n) is 4.01. The molecule has 0 spiro atoms. The molecule has 0 radical (unpaired) electrons. The van der Waals surface area contributed by atoms with Crippen molar-refractivity contribution in [2.45, 2.75) is 32.0 Å². The SMILES string of the molecule is Cc1ccc(CNC(=O)N2C[C@@H](Oc3ccccc3)C[C@H]2C(=O)N2CCOCC2)cc1. The van der Waals surface area contributed by atoms with Crippen LogP contribution in [0, 0.1) is 6.92 Å². The van der Waals surface area contributed by atoms with Crippen molar-refractivity contribution in [3.8, 4) is 5.75 Å². The van der Waals surface area contributed by atoms with Crippen LogP contribution >= 0.6 is 0 Å². The van der Waals surface area contributed by atoms with E-state index < -0.39 is 6.04 Å². The summed E-state index contributed by atoms with van der Waals surface area (Å²) in [6.07, 6.45) is 0.241.